The number of carbonyl (C=O) groups excluding carboxylic acids is 3. The Balaban J connectivity index is 1.36. The molecule has 0 saturated carbocycles. The number of hydrogen-bond acceptors (Lipinski definition) is 4. The molecule has 2 fully saturated rings. The number of fused-ring (bicyclic) bond motifs is 2. The molecule has 4 aromatic rings. The number of nitrogens with zero attached hydrogens (tertiary/aromatic N) is 4. The van der Waals surface area contributed by atoms with Crippen LogP contribution in [0.25, 0.3) is 10.8 Å². The molecule has 0 aliphatic carbocycles. The molecule has 4 aromatic carbocycles. The molecular weight excluding hydrogens is 502 g/mol. The topological polar surface area (TPSA) is 76.2 Å². The summed E-state index contributed by atoms with van der Waals surface area (Å²) < 4.78 is 0. The number of urea groups is 1. The standard InChI is InChI=1S/C32H31N5O3/c1-34-22-29(38)36-28(37(34)32(40)33-19-23-11-4-2-5-12-23)21-35(31(39)30(36)25-14-6-3-7-15-25)20-26-17-10-16-24-13-8-9-18-27(24)26/h2-18,28,30H,19-22H2,1H3,(H,33,40)/t28-,30-/m0/s1. The van der Waals surface area contributed by atoms with Gasteiger partial charge in [0.1, 0.15) is 12.2 Å². The Kier molecular flexibility index (Phi) is 6.92. The van der Waals surface area contributed by atoms with E-state index in [0.717, 1.165) is 27.5 Å². The summed E-state index contributed by atoms with van der Waals surface area (Å²) in [5.41, 5.74) is 2.71. The molecule has 2 aliphatic rings. The fourth-order valence-corrected chi connectivity index (χ4v) is 5.79. The van der Waals surface area contributed by atoms with Crippen LogP contribution < -0.4 is 5.32 Å². The SMILES string of the molecule is CN1CC(=O)N2[C@@H](c3ccccc3)C(=O)N(Cc3cccc4ccccc34)C[C@@H]2N1C(=O)NCc1ccccc1. The zero-order valence-corrected chi connectivity index (χ0v) is 22.3. The predicted molar refractivity (Wildman–Crippen MR) is 152 cm³/mol. The van der Waals surface area contributed by atoms with Gasteiger partial charge < -0.3 is 15.1 Å². The largest absolute Gasteiger partial charge is 0.334 e. The van der Waals surface area contributed by atoms with Crippen LogP contribution in [0.3, 0.4) is 0 Å². The summed E-state index contributed by atoms with van der Waals surface area (Å²) in [6.45, 7) is 0.909. The van der Waals surface area contributed by atoms with E-state index in [1.165, 1.54) is 0 Å². The number of piperazine rings is 1. The number of nitrogens with one attached hydrogen (secondary N) is 1. The summed E-state index contributed by atoms with van der Waals surface area (Å²) >= 11 is 0. The third kappa shape index (κ3) is 4.78. The van der Waals surface area contributed by atoms with Crippen molar-refractivity contribution < 1.29 is 14.4 Å². The fraction of sp³-hybridized carbons (Fsp3) is 0.219. The molecule has 0 bridgehead atoms. The van der Waals surface area contributed by atoms with Gasteiger partial charge in [-0.15, -0.1) is 0 Å². The van der Waals surface area contributed by atoms with Crippen LogP contribution >= 0.6 is 0 Å². The van der Waals surface area contributed by atoms with Gasteiger partial charge in [0.2, 0.25) is 5.91 Å². The first kappa shape index (κ1) is 25.6. The molecule has 202 valence electrons. The second-order valence-electron chi connectivity index (χ2n) is 10.3. The first-order valence-corrected chi connectivity index (χ1v) is 13.4. The highest BCUT2D eigenvalue weighted by Gasteiger charge is 2.51. The van der Waals surface area contributed by atoms with E-state index in [1.807, 2.05) is 84.9 Å². The summed E-state index contributed by atoms with van der Waals surface area (Å²) in [5, 5.41) is 8.41. The van der Waals surface area contributed by atoms with Crippen molar-refractivity contribution in [3.05, 3.63) is 120 Å². The van der Waals surface area contributed by atoms with Crippen LogP contribution in [0.4, 0.5) is 4.79 Å². The quantitative estimate of drug-likeness (QED) is 0.418. The van der Waals surface area contributed by atoms with Gasteiger partial charge in [-0.2, -0.15) is 0 Å². The monoisotopic (exact) mass is 533 g/mol. The average Bonchev–Trinajstić information content (AvgIpc) is 2.98. The molecule has 0 unspecified atom stereocenters. The number of rotatable bonds is 5. The molecule has 6 rings (SSSR count). The summed E-state index contributed by atoms with van der Waals surface area (Å²) in [4.78, 5) is 44.7. The molecule has 2 aliphatic heterocycles. The number of likely N-dealkylation sites (N-methyl/N-ethyl adjacent to an activating group) is 1. The van der Waals surface area contributed by atoms with Crippen LogP contribution in [0.15, 0.2) is 103 Å². The summed E-state index contributed by atoms with van der Waals surface area (Å²) in [7, 11) is 1.74. The molecule has 0 spiro atoms. The van der Waals surface area contributed by atoms with Crippen LogP contribution in [0, 0.1) is 0 Å². The number of amides is 4. The molecule has 1 N–H and O–H groups in total. The van der Waals surface area contributed by atoms with E-state index >= 15 is 0 Å². The molecule has 2 heterocycles. The Morgan fingerprint density at radius 1 is 0.850 bits per heavy atom. The predicted octanol–water partition coefficient (Wildman–Crippen LogP) is 4.15. The van der Waals surface area contributed by atoms with E-state index in [-0.39, 0.29) is 30.9 Å². The maximum Gasteiger partial charge on any atom is 0.334 e. The highest BCUT2D eigenvalue weighted by molar-refractivity contribution is 5.93. The second-order valence-corrected chi connectivity index (χ2v) is 10.3. The van der Waals surface area contributed by atoms with Gasteiger partial charge in [-0.05, 0) is 27.5 Å². The average molecular weight is 534 g/mol. The van der Waals surface area contributed by atoms with Crippen LogP contribution in [-0.4, -0.2) is 64.0 Å². The van der Waals surface area contributed by atoms with Gasteiger partial charge in [-0.25, -0.2) is 14.8 Å². The smallest absolute Gasteiger partial charge is 0.333 e. The van der Waals surface area contributed by atoms with Gasteiger partial charge in [-0.3, -0.25) is 9.59 Å². The maximum atomic E-state index is 14.1. The second kappa shape index (κ2) is 10.8. The number of hydrogen-bond donors (Lipinski definition) is 1. The Hall–Kier alpha value is -4.69. The molecule has 2 atom stereocenters. The maximum absolute atomic E-state index is 14.1. The van der Waals surface area contributed by atoms with Crippen molar-refractivity contribution in [2.45, 2.75) is 25.3 Å². The van der Waals surface area contributed by atoms with Crippen molar-refractivity contribution in [2.75, 3.05) is 20.1 Å². The first-order chi connectivity index (χ1) is 19.5. The summed E-state index contributed by atoms with van der Waals surface area (Å²) in [5.74, 6) is -0.343. The molecule has 0 aromatic heterocycles. The van der Waals surface area contributed by atoms with E-state index in [2.05, 4.69) is 23.5 Å². The van der Waals surface area contributed by atoms with Crippen molar-refractivity contribution in [3.8, 4) is 0 Å². The highest BCUT2D eigenvalue weighted by atomic mass is 16.2. The normalized spacial score (nSPS) is 19.6. The molecule has 8 nitrogen and oxygen atoms in total. The Morgan fingerprint density at radius 3 is 2.30 bits per heavy atom. The molecule has 0 radical (unpaired) electrons. The lowest BCUT2D eigenvalue weighted by Crippen LogP contribution is -2.73. The van der Waals surface area contributed by atoms with Crippen LogP contribution in [0.5, 0.6) is 0 Å². The molecule has 4 amide bonds. The number of benzene rings is 4. The lowest BCUT2D eigenvalue weighted by molar-refractivity contribution is -0.188. The molecule has 40 heavy (non-hydrogen) atoms. The van der Waals surface area contributed by atoms with E-state index in [4.69, 9.17) is 0 Å². The van der Waals surface area contributed by atoms with Gasteiger partial charge in [0.25, 0.3) is 5.91 Å². The highest BCUT2D eigenvalue weighted by Crippen LogP contribution is 2.35. The Labute approximate surface area is 233 Å². The Morgan fingerprint density at radius 2 is 1.52 bits per heavy atom. The van der Waals surface area contributed by atoms with Gasteiger partial charge in [0.15, 0.2) is 0 Å². The minimum absolute atomic E-state index is 0.00477. The van der Waals surface area contributed by atoms with Gasteiger partial charge in [-0.1, -0.05) is 103 Å². The lowest BCUT2D eigenvalue weighted by atomic mass is 9.97. The van der Waals surface area contributed by atoms with Crippen LogP contribution in [-0.2, 0) is 22.7 Å². The van der Waals surface area contributed by atoms with E-state index in [1.54, 1.807) is 26.9 Å². The molecule has 2 saturated heterocycles. The van der Waals surface area contributed by atoms with Crippen molar-refractivity contribution in [1.29, 1.82) is 0 Å². The zero-order chi connectivity index (χ0) is 27.6. The molecular formula is C32H31N5O3. The van der Waals surface area contributed by atoms with Gasteiger partial charge >= 0.3 is 6.03 Å². The van der Waals surface area contributed by atoms with Crippen molar-refractivity contribution >= 4 is 28.6 Å². The third-order valence-electron chi connectivity index (χ3n) is 7.68. The van der Waals surface area contributed by atoms with Crippen LogP contribution in [0.2, 0.25) is 0 Å². The summed E-state index contributed by atoms with van der Waals surface area (Å²) in [6, 6.07) is 32.1. The van der Waals surface area contributed by atoms with Gasteiger partial charge in [0.05, 0.1) is 13.1 Å². The Bertz CT molecular complexity index is 1540. The van der Waals surface area contributed by atoms with E-state index in [0.29, 0.717) is 13.1 Å². The van der Waals surface area contributed by atoms with Gasteiger partial charge in [0, 0.05) is 20.1 Å². The lowest BCUT2D eigenvalue weighted by Gasteiger charge is -2.54. The minimum atomic E-state index is -0.833. The number of carbonyl (C=O) groups is 3. The third-order valence-corrected chi connectivity index (χ3v) is 7.68. The first-order valence-electron chi connectivity index (χ1n) is 13.4. The minimum Gasteiger partial charge on any atom is -0.333 e. The zero-order valence-electron chi connectivity index (χ0n) is 22.3. The van der Waals surface area contributed by atoms with E-state index < -0.39 is 12.2 Å². The van der Waals surface area contributed by atoms with Crippen molar-refractivity contribution in [2.24, 2.45) is 0 Å². The van der Waals surface area contributed by atoms with Crippen molar-refractivity contribution in [3.63, 3.8) is 0 Å². The van der Waals surface area contributed by atoms with Crippen molar-refractivity contribution in [1.82, 2.24) is 25.1 Å². The van der Waals surface area contributed by atoms with E-state index in [9.17, 15) is 14.4 Å². The van der Waals surface area contributed by atoms with Crippen LogP contribution in [0.1, 0.15) is 22.7 Å². The molecule has 8 heteroatoms. The summed E-state index contributed by atoms with van der Waals surface area (Å²) in [6.07, 6.45) is -0.667. The number of hydrazine groups is 1. The fourth-order valence-electron chi connectivity index (χ4n) is 5.79.